The Hall–Kier alpha value is -2.41. The van der Waals surface area contributed by atoms with Gasteiger partial charge >= 0.3 is 0 Å². The van der Waals surface area contributed by atoms with Crippen molar-refractivity contribution in [3.8, 4) is 0 Å². The van der Waals surface area contributed by atoms with Crippen molar-refractivity contribution < 1.29 is 14.4 Å². The molecule has 0 bridgehead atoms. The summed E-state index contributed by atoms with van der Waals surface area (Å²) >= 11 is 0. The summed E-state index contributed by atoms with van der Waals surface area (Å²) in [5, 5.41) is 2.77. The molecule has 2 rings (SSSR count). The number of benzene rings is 1. The first-order chi connectivity index (χ1) is 10.9. The van der Waals surface area contributed by atoms with Crippen LogP contribution in [0.4, 0.5) is 5.69 Å². The smallest absolute Gasteiger partial charge is 0.240 e. The van der Waals surface area contributed by atoms with Crippen LogP contribution in [-0.2, 0) is 20.8 Å². The van der Waals surface area contributed by atoms with Gasteiger partial charge < -0.3 is 20.9 Å². The maximum atomic E-state index is 12.5. The monoisotopic (exact) mass is 318 g/mol. The molecule has 0 radical (unpaired) electrons. The van der Waals surface area contributed by atoms with Gasteiger partial charge in [0.05, 0.1) is 0 Å². The summed E-state index contributed by atoms with van der Waals surface area (Å²) < 4.78 is 0. The van der Waals surface area contributed by atoms with Gasteiger partial charge in [0.1, 0.15) is 12.5 Å². The molecular weight excluding hydrogens is 296 g/mol. The maximum Gasteiger partial charge on any atom is 0.240 e. The normalized spacial score (nSPS) is 17.1. The Kier molecular flexibility index (Phi) is 5.33. The van der Waals surface area contributed by atoms with Crippen LogP contribution in [0.3, 0.4) is 0 Å². The van der Waals surface area contributed by atoms with E-state index in [1.54, 1.807) is 12.1 Å². The van der Waals surface area contributed by atoms with E-state index in [9.17, 15) is 14.4 Å². The zero-order valence-corrected chi connectivity index (χ0v) is 13.4. The van der Waals surface area contributed by atoms with Gasteiger partial charge in [-0.05, 0) is 32.1 Å². The van der Waals surface area contributed by atoms with Crippen molar-refractivity contribution in [1.82, 2.24) is 10.2 Å². The number of likely N-dealkylation sites (N-methyl/N-ethyl adjacent to an activating group) is 1. The van der Waals surface area contributed by atoms with Gasteiger partial charge in [-0.3, -0.25) is 14.4 Å². The van der Waals surface area contributed by atoms with Crippen molar-refractivity contribution in [3.05, 3.63) is 29.8 Å². The van der Waals surface area contributed by atoms with Crippen LogP contribution in [0, 0.1) is 5.92 Å². The lowest BCUT2D eigenvalue weighted by Gasteiger charge is -2.32. The van der Waals surface area contributed by atoms with Crippen molar-refractivity contribution in [1.29, 1.82) is 0 Å². The second-order valence-electron chi connectivity index (χ2n) is 5.87. The first-order valence-corrected chi connectivity index (χ1v) is 7.50. The Labute approximate surface area is 135 Å². The van der Waals surface area contributed by atoms with Crippen LogP contribution in [0.5, 0.6) is 0 Å². The molecule has 0 saturated carbocycles. The number of amides is 3. The average molecular weight is 318 g/mol. The van der Waals surface area contributed by atoms with Crippen molar-refractivity contribution >= 4 is 23.4 Å². The largest absolute Gasteiger partial charge is 0.369 e. The highest BCUT2D eigenvalue weighted by atomic mass is 16.2. The molecule has 1 atom stereocenters. The second-order valence-corrected chi connectivity index (χ2v) is 5.87. The highest BCUT2D eigenvalue weighted by Crippen LogP contribution is 2.30. The summed E-state index contributed by atoms with van der Waals surface area (Å²) in [5.41, 5.74) is 6.84. The van der Waals surface area contributed by atoms with Crippen LogP contribution < -0.4 is 16.0 Å². The Morgan fingerprint density at radius 3 is 2.70 bits per heavy atom. The van der Waals surface area contributed by atoms with Crippen molar-refractivity contribution in [3.63, 3.8) is 0 Å². The summed E-state index contributed by atoms with van der Waals surface area (Å²) in [5.74, 6) is -2.26. The third kappa shape index (κ3) is 4.07. The molecule has 1 aliphatic heterocycles. The predicted octanol–water partition coefficient (Wildman–Crippen LogP) is -0.645. The number of primary amides is 1. The molecule has 0 aromatic heterocycles. The average Bonchev–Trinajstić information content (AvgIpc) is 2.49. The molecule has 1 aromatic carbocycles. The fourth-order valence-electron chi connectivity index (χ4n) is 2.56. The number of hydrogen-bond donors (Lipinski definition) is 2. The Morgan fingerprint density at radius 2 is 2.04 bits per heavy atom. The van der Waals surface area contributed by atoms with Crippen LogP contribution in [0.1, 0.15) is 5.56 Å². The molecule has 0 aliphatic carbocycles. The quantitative estimate of drug-likeness (QED) is 0.682. The van der Waals surface area contributed by atoms with Crippen LogP contribution in [-0.4, -0.2) is 56.4 Å². The molecule has 7 nitrogen and oxygen atoms in total. The van der Waals surface area contributed by atoms with Crippen molar-refractivity contribution in [2.75, 3.05) is 38.6 Å². The van der Waals surface area contributed by atoms with Crippen LogP contribution in [0.25, 0.3) is 0 Å². The molecule has 1 aromatic rings. The number of carbonyl (C=O) groups is 3. The van der Waals surface area contributed by atoms with Crippen LogP contribution >= 0.6 is 0 Å². The minimum absolute atomic E-state index is 0.118. The number of hydrogen-bond acceptors (Lipinski definition) is 4. The van der Waals surface area contributed by atoms with E-state index in [1.165, 1.54) is 4.90 Å². The highest BCUT2D eigenvalue weighted by Gasteiger charge is 2.36. The van der Waals surface area contributed by atoms with Gasteiger partial charge in [-0.1, -0.05) is 18.2 Å². The first kappa shape index (κ1) is 17.0. The summed E-state index contributed by atoms with van der Waals surface area (Å²) in [6, 6.07) is 7.25. The molecule has 1 unspecified atom stereocenters. The van der Waals surface area contributed by atoms with Crippen LogP contribution in [0.15, 0.2) is 24.3 Å². The number of rotatable bonds is 6. The third-order valence-electron chi connectivity index (χ3n) is 3.80. The molecule has 1 aliphatic rings. The van der Waals surface area contributed by atoms with Crippen molar-refractivity contribution in [2.45, 2.75) is 6.42 Å². The molecule has 1 heterocycles. The number of nitrogens with one attached hydrogen (secondary N) is 1. The Morgan fingerprint density at radius 1 is 1.35 bits per heavy atom. The number of anilines is 1. The highest BCUT2D eigenvalue weighted by molar-refractivity contribution is 6.11. The summed E-state index contributed by atoms with van der Waals surface area (Å²) in [4.78, 5) is 39.4. The zero-order valence-electron chi connectivity index (χ0n) is 13.4. The molecule has 3 amide bonds. The van der Waals surface area contributed by atoms with Crippen LogP contribution in [0.2, 0.25) is 0 Å². The molecule has 0 saturated heterocycles. The van der Waals surface area contributed by atoms with E-state index in [0.717, 1.165) is 5.56 Å². The lowest BCUT2D eigenvalue weighted by atomic mass is 9.91. The van der Waals surface area contributed by atoms with E-state index >= 15 is 0 Å². The minimum Gasteiger partial charge on any atom is -0.369 e. The van der Waals surface area contributed by atoms with Gasteiger partial charge in [0.25, 0.3) is 0 Å². The summed E-state index contributed by atoms with van der Waals surface area (Å²) in [6.45, 7) is 1.09. The molecule has 0 spiro atoms. The molecular formula is C16H22N4O3. The van der Waals surface area contributed by atoms with E-state index in [1.807, 2.05) is 31.1 Å². The third-order valence-corrected chi connectivity index (χ3v) is 3.80. The minimum atomic E-state index is -0.917. The SMILES string of the molecule is CN(C)CCNC(=O)CN1C(=O)C(C(N)=O)Cc2ccccc21. The van der Waals surface area contributed by atoms with Gasteiger partial charge in [0.2, 0.25) is 17.7 Å². The predicted molar refractivity (Wildman–Crippen MR) is 86.7 cm³/mol. The fourth-order valence-corrected chi connectivity index (χ4v) is 2.56. The number of fused-ring (bicyclic) bond motifs is 1. The van der Waals surface area contributed by atoms with E-state index in [2.05, 4.69) is 5.32 Å². The topological polar surface area (TPSA) is 95.7 Å². The van der Waals surface area contributed by atoms with Gasteiger partial charge in [-0.25, -0.2) is 0 Å². The van der Waals surface area contributed by atoms with E-state index in [4.69, 9.17) is 5.73 Å². The second kappa shape index (κ2) is 7.23. The maximum absolute atomic E-state index is 12.5. The van der Waals surface area contributed by atoms with Gasteiger partial charge in [0, 0.05) is 18.8 Å². The number of para-hydroxylation sites is 1. The molecule has 23 heavy (non-hydrogen) atoms. The van der Waals surface area contributed by atoms with Gasteiger partial charge in [0.15, 0.2) is 0 Å². The van der Waals surface area contributed by atoms with E-state index in [-0.39, 0.29) is 18.9 Å². The summed E-state index contributed by atoms with van der Waals surface area (Å²) in [7, 11) is 3.82. The molecule has 0 fully saturated rings. The zero-order chi connectivity index (χ0) is 17.0. The Bertz CT molecular complexity index is 615. The number of nitrogens with two attached hydrogens (primary N) is 1. The lowest BCUT2D eigenvalue weighted by Crippen LogP contribution is -2.50. The molecule has 3 N–H and O–H groups in total. The molecule has 124 valence electrons. The lowest BCUT2D eigenvalue weighted by molar-refractivity contribution is -0.133. The number of carbonyl (C=O) groups excluding carboxylic acids is 3. The van der Waals surface area contributed by atoms with Gasteiger partial charge in [-0.2, -0.15) is 0 Å². The van der Waals surface area contributed by atoms with E-state index < -0.39 is 17.7 Å². The molecule has 7 heteroatoms. The first-order valence-electron chi connectivity index (χ1n) is 7.50. The van der Waals surface area contributed by atoms with Crippen molar-refractivity contribution in [2.24, 2.45) is 11.7 Å². The fraction of sp³-hybridized carbons (Fsp3) is 0.438. The number of nitrogens with zero attached hydrogens (tertiary/aromatic N) is 2. The Balaban J connectivity index is 2.13. The standard InChI is InChI=1S/C16H22N4O3/c1-19(2)8-7-18-14(21)10-20-13-6-4-3-5-11(13)9-12(15(17)22)16(20)23/h3-6,12H,7-10H2,1-2H3,(H2,17,22)(H,18,21). The summed E-state index contributed by atoms with van der Waals surface area (Å²) in [6.07, 6.45) is 0.281. The van der Waals surface area contributed by atoms with E-state index in [0.29, 0.717) is 18.8 Å². The van der Waals surface area contributed by atoms with Gasteiger partial charge in [-0.15, -0.1) is 0 Å².